The Morgan fingerprint density at radius 3 is 2.89 bits per heavy atom. The van der Waals surface area contributed by atoms with Crippen LogP contribution in [0.2, 0.25) is 0 Å². The van der Waals surface area contributed by atoms with Gasteiger partial charge >= 0.3 is 0 Å². The molecule has 2 heterocycles. The molecule has 0 bridgehead atoms. The van der Waals surface area contributed by atoms with Crippen LogP contribution in [0, 0.1) is 0 Å². The van der Waals surface area contributed by atoms with Crippen LogP contribution >= 0.6 is 0 Å². The first-order chi connectivity index (χ1) is 13.0. The van der Waals surface area contributed by atoms with E-state index in [0.717, 1.165) is 23.2 Å². The molecule has 0 aliphatic carbocycles. The summed E-state index contributed by atoms with van der Waals surface area (Å²) >= 11 is 0. The first-order valence-electron chi connectivity index (χ1n) is 8.94. The zero-order valence-corrected chi connectivity index (χ0v) is 15.9. The van der Waals surface area contributed by atoms with Gasteiger partial charge in [-0.05, 0) is 53.9 Å². The van der Waals surface area contributed by atoms with Gasteiger partial charge in [-0.2, -0.15) is 0 Å². The maximum atomic E-state index is 13.4. The number of hydrogen-bond donors (Lipinski definition) is 0. The third-order valence-corrected chi connectivity index (χ3v) is 6.99. The number of aldehydes is 1. The lowest BCUT2D eigenvalue weighted by molar-refractivity contribution is -0.108. The van der Waals surface area contributed by atoms with Gasteiger partial charge in [-0.3, -0.25) is 4.31 Å². The number of carbonyl (C=O) groups is 1. The van der Waals surface area contributed by atoms with E-state index in [9.17, 15) is 13.2 Å². The predicted octanol–water partition coefficient (Wildman–Crippen LogP) is 2.90. The normalized spacial score (nSPS) is 18.0. The van der Waals surface area contributed by atoms with Gasteiger partial charge in [0.2, 0.25) is 0 Å². The molecule has 0 aromatic heterocycles. The Bertz CT molecular complexity index is 986. The molecule has 0 saturated heterocycles. The van der Waals surface area contributed by atoms with Gasteiger partial charge in [0.05, 0.1) is 24.3 Å². The van der Waals surface area contributed by atoms with Crippen molar-refractivity contribution >= 4 is 22.0 Å². The van der Waals surface area contributed by atoms with E-state index in [1.807, 2.05) is 6.07 Å². The quantitative estimate of drug-likeness (QED) is 0.713. The second-order valence-corrected chi connectivity index (χ2v) is 8.63. The maximum Gasteiger partial charge on any atom is 0.264 e. The summed E-state index contributed by atoms with van der Waals surface area (Å²) in [7, 11) is -2.12. The fourth-order valence-corrected chi connectivity index (χ4v) is 5.39. The van der Waals surface area contributed by atoms with Crippen LogP contribution in [-0.2, 0) is 21.2 Å². The Morgan fingerprint density at radius 2 is 2.11 bits per heavy atom. The van der Waals surface area contributed by atoms with Crippen molar-refractivity contribution in [2.24, 2.45) is 0 Å². The molecular formula is C20H21NO5S. The van der Waals surface area contributed by atoms with E-state index in [-0.39, 0.29) is 10.8 Å². The summed E-state index contributed by atoms with van der Waals surface area (Å²) in [5.41, 5.74) is 2.48. The number of anilines is 1. The number of fused-ring (bicyclic) bond motifs is 2. The molecule has 2 aromatic carbocycles. The minimum atomic E-state index is -3.70. The van der Waals surface area contributed by atoms with Gasteiger partial charge in [0.1, 0.15) is 17.8 Å². The second-order valence-electron chi connectivity index (χ2n) is 6.77. The summed E-state index contributed by atoms with van der Waals surface area (Å²) < 4.78 is 38.9. The molecule has 142 valence electrons. The molecule has 0 fully saturated rings. The van der Waals surface area contributed by atoms with Gasteiger partial charge in [0.15, 0.2) is 0 Å². The fraction of sp³-hybridized carbons (Fsp3) is 0.350. The van der Waals surface area contributed by atoms with Crippen LogP contribution in [0.15, 0.2) is 41.3 Å². The Labute approximate surface area is 158 Å². The molecule has 0 amide bonds. The Balaban J connectivity index is 1.74. The SMILES string of the molecule is COc1ccc2c(c1)C(CCC=O)CN2S(=O)(=O)c1ccc2c(c1)CCO2. The van der Waals surface area contributed by atoms with E-state index in [2.05, 4.69) is 0 Å². The minimum absolute atomic E-state index is 0.0344. The highest BCUT2D eigenvalue weighted by atomic mass is 32.2. The molecular weight excluding hydrogens is 366 g/mol. The smallest absolute Gasteiger partial charge is 0.264 e. The monoisotopic (exact) mass is 387 g/mol. The third kappa shape index (κ3) is 3.06. The van der Waals surface area contributed by atoms with Crippen molar-refractivity contribution < 1.29 is 22.7 Å². The average molecular weight is 387 g/mol. The largest absolute Gasteiger partial charge is 0.497 e. The maximum absolute atomic E-state index is 13.4. The average Bonchev–Trinajstić information content (AvgIpc) is 3.30. The molecule has 2 aromatic rings. The third-order valence-electron chi connectivity index (χ3n) is 5.21. The molecule has 0 spiro atoms. The van der Waals surface area contributed by atoms with E-state index in [1.165, 1.54) is 4.31 Å². The molecule has 27 heavy (non-hydrogen) atoms. The zero-order valence-electron chi connectivity index (χ0n) is 15.1. The number of hydrogen-bond acceptors (Lipinski definition) is 5. The van der Waals surface area contributed by atoms with E-state index in [0.29, 0.717) is 43.9 Å². The Hall–Kier alpha value is -2.54. The molecule has 7 heteroatoms. The van der Waals surface area contributed by atoms with Crippen LogP contribution < -0.4 is 13.8 Å². The predicted molar refractivity (Wildman–Crippen MR) is 101 cm³/mol. The topological polar surface area (TPSA) is 72.9 Å². The number of rotatable bonds is 6. The van der Waals surface area contributed by atoms with Crippen molar-refractivity contribution in [3.05, 3.63) is 47.5 Å². The van der Waals surface area contributed by atoms with Gasteiger partial charge in [0.25, 0.3) is 10.0 Å². The first-order valence-corrected chi connectivity index (χ1v) is 10.4. The lowest BCUT2D eigenvalue weighted by atomic mass is 9.96. The lowest BCUT2D eigenvalue weighted by Gasteiger charge is -2.20. The zero-order chi connectivity index (χ0) is 19.0. The van der Waals surface area contributed by atoms with Crippen LogP contribution in [0.3, 0.4) is 0 Å². The minimum Gasteiger partial charge on any atom is -0.497 e. The number of carbonyl (C=O) groups excluding carboxylic acids is 1. The van der Waals surface area contributed by atoms with Crippen molar-refractivity contribution in [1.29, 1.82) is 0 Å². The summed E-state index contributed by atoms with van der Waals surface area (Å²) in [4.78, 5) is 11.1. The van der Waals surface area contributed by atoms with Crippen LogP contribution in [0.5, 0.6) is 11.5 Å². The molecule has 6 nitrogen and oxygen atoms in total. The highest BCUT2D eigenvalue weighted by molar-refractivity contribution is 7.92. The number of benzene rings is 2. The molecule has 4 rings (SSSR count). The second kappa shape index (κ2) is 6.88. The molecule has 0 saturated carbocycles. The van der Waals surface area contributed by atoms with Crippen LogP contribution in [0.4, 0.5) is 5.69 Å². The fourth-order valence-electron chi connectivity index (χ4n) is 3.80. The van der Waals surface area contributed by atoms with Crippen LogP contribution in [-0.4, -0.2) is 35.0 Å². The molecule has 0 N–H and O–H groups in total. The first kappa shape index (κ1) is 17.9. The van der Waals surface area contributed by atoms with Gasteiger partial charge in [-0.1, -0.05) is 0 Å². The number of methoxy groups -OCH3 is 1. The number of sulfonamides is 1. The van der Waals surface area contributed by atoms with E-state index in [4.69, 9.17) is 9.47 Å². The van der Waals surface area contributed by atoms with Crippen molar-refractivity contribution in [2.75, 3.05) is 24.6 Å². The van der Waals surface area contributed by atoms with E-state index in [1.54, 1.807) is 37.4 Å². The van der Waals surface area contributed by atoms with Crippen molar-refractivity contribution in [1.82, 2.24) is 0 Å². The Kier molecular flexibility index (Phi) is 4.55. The van der Waals surface area contributed by atoms with Crippen LogP contribution in [0.25, 0.3) is 0 Å². The molecule has 1 atom stereocenters. The van der Waals surface area contributed by atoms with Gasteiger partial charge in [-0.15, -0.1) is 0 Å². The lowest BCUT2D eigenvalue weighted by Crippen LogP contribution is -2.30. The highest BCUT2D eigenvalue weighted by Gasteiger charge is 2.37. The summed E-state index contributed by atoms with van der Waals surface area (Å²) in [6, 6.07) is 10.4. The van der Waals surface area contributed by atoms with Crippen molar-refractivity contribution in [3.63, 3.8) is 0 Å². The van der Waals surface area contributed by atoms with Crippen LogP contribution in [0.1, 0.15) is 29.9 Å². The standard InChI is InChI=1S/C20H21NO5S/c1-25-16-4-6-19-18(12-16)15(3-2-9-22)13-21(19)27(23,24)17-5-7-20-14(11-17)8-10-26-20/h4-7,9,11-12,15H,2-3,8,10,13H2,1H3. The summed E-state index contributed by atoms with van der Waals surface area (Å²) in [5, 5.41) is 0. The van der Waals surface area contributed by atoms with E-state index < -0.39 is 10.0 Å². The van der Waals surface area contributed by atoms with E-state index >= 15 is 0 Å². The summed E-state index contributed by atoms with van der Waals surface area (Å²) in [5.74, 6) is 1.40. The molecule has 0 radical (unpaired) electrons. The van der Waals surface area contributed by atoms with Gasteiger partial charge in [-0.25, -0.2) is 8.42 Å². The number of ether oxygens (including phenoxy) is 2. The Morgan fingerprint density at radius 1 is 1.26 bits per heavy atom. The summed E-state index contributed by atoms with van der Waals surface area (Å²) in [6.45, 7) is 0.908. The molecule has 2 aliphatic heterocycles. The van der Waals surface area contributed by atoms with Gasteiger partial charge in [0, 0.05) is 25.3 Å². The molecule has 2 aliphatic rings. The highest BCUT2D eigenvalue weighted by Crippen LogP contribution is 2.43. The van der Waals surface area contributed by atoms with Gasteiger partial charge < -0.3 is 14.3 Å². The summed E-state index contributed by atoms with van der Waals surface area (Å²) in [6.07, 6.45) is 2.59. The molecule has 1 unspecified atom stereocenters. The van der Waals surface area contributed by atoms with Crippen molar-refractivity contribution in [2.45, 2.75) is 30.1 Å². The number of nitrogens with zero attached hydrogens (tertiary/aromatic N) is 1. The van der Waals surface area contributed by atoms with Crippen molar-refractivity contribution in [3.8, 4) is 11.5 Å².